The van der Waals surface area contributed by atoms with Crippen molar-refractivity contribution >= 4 is 22.1 Å². The van der Waals surface area contributed by atoms with E-state index in [1.807, 2.05) is 13.8 Å². The van der Waals surface area contributed by atoms with Gasteiger partial charge in [-0.25, -0.2) is 0 Å². The topological polar surface area (TPSA) is 67.3 Å². The van der Waals surface area contributed by atoms with Crippen molar-refractivity contribution < 1.29 is 0 Å². The molecule has 0 amide bonds. The van der Waals surface area contributed by atoms with Gasteiger partial charge in [-0.2, -0.15) is 15.4 Å². The van der Waals surface area contributed by atoms with Crippen LogP contribution in [0, 0.1) is 13.8 Å². The molecule has 74 valence electrons. The maximum Gasteiger partial charge on any atom is 0.118 e. The van der Waals surface area contributed by atoms with Crippen LogP contribution in [0.4, 0.5) is 0 Å². The summed E-state index contributed by atoms with van der Waals surface area (Å²) in [6, 6.07) is 0. The third-order valence-corrected chi connectivity index (χ3v) is 2.67. The Labute approximate surface area is 85.5 Å². The van der Waals surface area contributed by atoms with E-state index in [1.165, 1.54) is 0 Å². The van der Waals surface area contributed by atoms with E-state index in [2.05, 4.69) is 25.4 Å². The summed E-state index contributed by atoms with van der Waals surface area (Å²) in [5, 5.41) is 10.9. The number of benzene rings is 1. The Morgan fingerprint density at radius 1 is 0.800 bits per heavy atom. The fourth-order valence-electron chi connectivity index (χ4n) is 1.86. The molecule has 0 radical (unpaired) electrons. The van der Waals surface area contributed by atoms with Crippen LogP contribution in [0.3, 0.4) is 0 Å². The highest BCUT2D eigenvalue weighted by Crippen LogP contribution is 2.25. The predicted molar refractivity (Wildman–Crippen MR) is 56.5 cm³/mol. The van der Waals surface area contributed by atoms with Crippen molar-refractivity contribution in [1.82, 2.24) is 25.4 Å². The van der Waals surface area contributed by atoms with Gasteiger partial charge in [0.25, 0.3) is 0 Å². The summed E-state index contributed by atoms with van der Waals surface area (Å²) in [7, 11) is 0. The normalized spacial score (nSPS) is 11.3. The van der Waals surface area contributed by atoms with Crippen molar-refractivity contribution in [2.75, 3.05) is 0 Å². The largest absolute Gasteiger partial charge is 0.253 e. The fourth-order valence-corrected chi connectivity index (χ4v) is 1.86. The number of nitrogens with zero attached hydrogens (tertiary/aromatic N) is 4. The molecule has 0 aliphatic heterocycles. The lowest BCUT2D eigenvalue weighted by Gasteiger charge is -2.03. The molecule has 5 nitrogen and oxygen atoms in total. The van der Waals surface area contributed by atoms with Crippen LogP contribution in [0.25, 0.3) is 22.1 Å². The average molecular weight is 199 g/mol. The highest BCUT2D eigenvalue weighted by molar-refractivity contribution is 5.98. The molecule has 0 spiro atoms. The first-order chi connectivity index (χ1) is 7.29. The van der Waals surface area contributed by atoms with Crippen LogP contribution in [-0.2, 0) is 0 Å². The predicted octanol–water partition coefficient (Wildman–Crippen LogP) is 1.52. The Hall–Kier alpha value is -2.04. The zero-order chi connectivity index (χ0) is 10.4. The first-order valence-electron chi connectivity index (χ1n) is 4.69. The number of aromatic nitrogens is 5. The fraction of sp³-hybridized carbons (Fsp3) is 0.200. The maximum atomic E-state index is 4.33. The summed E-state index contributed by atoms with van der Waals surface area (Å²) in [5.74, 6) is 0. The summed E-state index contributed by atoms with van der Waals surface area (Å²) < 4.78 is 0. The van der Waals surface area contributed by atoms with Crippen LogP contribution in [0.2, 0.25) is 0 Å². The van der Waals surface area contributed by atoms with Crippen molar-refractivity contribution in [3.8, 4) is 0 Å². The molecule has 0 saturated carbocycles. The van der Waals surface area contributed by atoms with E-state index in [0.717, 1.165) is 33.2 Å². The lowest BCUT2D eigenvalue weighted by atomic mass is 10.1. The zero-order valence-electron chi connectivity index (χ0n) is 8.44. The van der Waals surface area contributed by atoms with E-state index in [0.29, 0.717) is 0 Å². The molecule has 0 atom stereocenters. The quantitative estimate of drug-likeness (QED) is 0.596. The third-order valence-electron chi connectivity index (χ3n) is 2.67. The molecule has 0 saturated heterocycles. The SMILES string of the molecule is Cc1c2nccnc2c(C)c2n[nH]nc12. The van der Waals surface area contributed by atoms with Crippen molar-refractivity contribution in [3.63, 3.8) is 0 Å². The van der Waals surface area contributed by atoms with Crippen LogP contribution < -0.4 is 0 Å². The van der Waals surface area contributed by atoms with E-state index in [9.17, 15) is 0 Å². The van der Waals surface area contributed by atoms with Crippen molar-refractivity contribution in [2.45, 2.75) is 13.8 Å². The summed E-state index contributed by atoms with van der Waals surface area (Å²) >= 11 is 0. The van der Waals surface area contributed by atoms with Crippen molar-refractivity contribution in [3.05, 3.63) is 23.5 Å². The van der Waals surface area contributed by atoms with Gasteiger partial charge in [0.1, 0.15) is 11.0 Å². The Morgan fingerprint density at radius 2 is 1.27 bits per heavy atom. The van der Waals surface area contributed by atoms with E-state index >= 15 is 0 Å². The van der Waals surface area contributed by atoms with Gasteiger partial charge in [0.2, 0.25) is 0 Å². The van der Waals surface area contributed by atoms with Crippen molar-refractivity contribution in [1.29, 1.82) is 0 Å². The number of aromatic amines is 1. The Kier molecular flexibility index (Phi) is 1.50. The van der Waals surface area contributed by atoms with Gasteiger partial charge in [-0.05, 0) is 13.8 Å². The molecule has 1 aromatic carbocycles. The second kappa shape index (κ2) is 2.73. The number of fused-ring (bicyclic) bond motifs is 2. The molecule has 3 rings (SSSR count). The van der Waals surface area contributed by atoms with Gasteiger partial charge < -0.3 is 0 Å². The molecular formula is C10H9N5. The number of nitrogens with one attached hydrogen (secondary N) is 1. The van der Waals surface area contributed by atoms with Gasteiger partial charge in [-0.3, -0.25) is 9.97 Å². The molecule has 0 aliphatic rings. The molecule has 0 aliphatic carbocycles. The summed E-state index contributed by atoms with van der Waals surface area (Å²) in [5.41, 5.74) is 5.59. The Bertz CT molecular complexity index is 600. The van der Waals surface area contributed by atoms with Gasteiger partial charge >= 0.3 is 0 Å². The van der Waals surface area contributed by atoms with Gasteiger partial charge in [-0.1, -0.05) is 0 Å². The van der Waals surface area contributed by atoms with Crippen LogP contribution in [0.15, 0.2) is 12.4 Å². The second-order valence-electron chi connectivity index (χ2n) is 3.52. The van der Waals surface area contributed by atoms with Gasteiger partial charge in [-0.15, -0.1) is 0 Å². The van der Waals surface area contributed by atoms with E-state index < -0.39 is 0 Å². The number of rotatable bonds is 0. The molecule has 0 unspecified atom stereocenters. The summed E-state index contributed by atoms with van der Waals surface area (Å²) in [6.07, 6.45) is 3.39. The van der Waals surface area contributed by atoms with Crippen LogP contribution in [0.5, 0.6) is 0 Å². The smallest absolute Gasteiger partial charge is 0.118 e. The van der Waals surface area contributed by atoms with Crippen LogP contribution >= 0.6 is 0 Å². The molecule has 1 N–H and O–H groups in total. The molecule has 2 heterocycles. The highest BCUT2D eigenvalue weighted by Gasteiger charge is 2.12. The third kappa shape index (κ3) is 0.971. The number of H-pyrrole nitrogens is 1. The molecular weight excluding hydrogens is 190 g/mol. The summed E-state index contributed by atoms with van der Waals surface area (Å²) in [6.45, 7) is 3.97. The van der Waals surface area contributed by atoms with Crippen LogP contribution in [-0.4, -0.2) is 25.4 Å². The number of hydrogen-bond acceptors (Lipinski definition) is 4. The first kappa shape index (κ1) is 8.28. The van der Waals surface area contributed by atoms with E-state index in [4.69, 9.17) is 0 Å². The Balaban J connectivity index is 2.69. The standard InChI is InChI=1S/C10H9N5/c1-5-7-8(12-4-3-11-7)6(2)10-9(5)13-15-14-10/h3-4H,1-2H3,(H,13,14,15). The van der Waals surface area contributed by atoms with E-state index in [-0.39, 0.29) is 0 Å². The molecule has 0 bridgehead atoms. The van der Waals surface area contributed by atoms with E-state index in [1.54, 1.807) is 12.4 Å². The van der Waals surface area contributed by atoms with Gasteiger partial charge in [0, 0.05) is 23.5 Å². The first-order valence-corrected chi connectivity index (χ1v) is 4.69. The lowest BCUT2D eigenvalue weighted by molar-refractivity contribution is 0.957. The lowest BCUT2D eigenvalue weighted by Crippen LogP contribution is -1.91. The summed E-state index contributed by atoms with van der Waals surface area (Å²) in [4.78, 5) is 8.65. The average Bonchev–Trinajstić information content (AvgIpc) is 2.75. The van der Waals surface area contributed by atoms with Crippen LogP contribution in [0.1, 0.15) is 11.1 Å². The molecule has 15 heavy (non-hydrogen) atoms. The second-order valence-corrected chi connectivity index (χ2v) is 3.52. The molecule has 0 fully saturated rings. The number of aryl methyl sites for hydroxylation is 2. The molecule has 5 heteroatoms. The minimum Gasteiger partial charge on any atom is -0.253 e. The molecule has 2 aromatic heterocycles. The minimum atomic E-state index is 0.875. The van der Waals surface area contributed by atoms with Gasteiger partial charge in [0.15, 0.2) is 0 Å². The van der Waals surface area contributed by atoms with Gasteiger partial charge in [0.05, 0.1) is 11.0 Å². The number of hydrogen-bond donors (Lipinski definition) is 1. The zero-order valence-corrected chi connectivity index (χ0v) is 8.44. The highest BCUT2D eigenvalue weighted by atomic mass is 15.3. The molecule has 3 aromatic rings. The maximum absolute atomic E-state index is 4.33. The monoisotopic (exact) mass is 199 g/mol. The minimum absolute atomic E-state index is 0.875. The Morgan fingerprint density at radius 3 is 1.73 bits per heavy atom. The van der Waals surface area contributed by atoms with Crippen molar-refractivity contribution in [2.24, 2.45) is 0 Å².